The van der Waals surface area contributed by atoms with Crippen LogP contribution in [0.2, 0.25) is 0 Å². The van der Waals surface area contributed by atoms with Gasteiger partial charge in [-0.1, -0.05) is 6.92 Å². The highest BCUT2D eigenvalue weighted by molar-refractivity contribution is 14.0. The van der Waals surface area contributed by atoms with Gasteiger partial charge in [0.15, 0.2) is 5.96 Å². The first-order chi connectivity index (χ1) is 14.6. The summed E-state index contributed by atoms with van der Waals surface area (Å²) in [4.78, 5) is 26.5. The van der Waals surface area contributed by atoms with Crippen molar-refractivity contribution in [3.63, 3.8) is 0 Å². The number of hydrogen-bond acceptors (Lipinski definition) is 4. The summed E-state index contributed by atoms with van der Waals surface area (Å²) in [5.41, 5.74) is 0. The molecule has 7 nitrogen and oxygen atoms in total. The molecule has 8 heteroatoms. The molecule has 1 amide bonds. The molecule has 0 aromatic carbocycles. The second-order valence-corrected chi connectivity index (χ2v) is 9.46. The molecule has 0 aromatic rings. The SMILES string of the molecule is CN=C(NCCCCN1CCCC(C)C1)N1CCN(C(C)C(=O)N2CCCC2)CC1.I. The standard InChI is InChI=1S/C23H44N6O.HI/c1-20-9-8-12-26(19-20)11-5-4-10-25-23(24-3)29-17-15-27(16-18-29)21(2)22(30)28-13-6-7-14-28;/h20-21H,4-19H2,1-3H3,(H,24,25);1H. The van der Waals surface area contributed by atoms with Gasteiger partial charge in [0.25, 0.3) is 0 Å². The van der Waals surface area contributed by atoms with E-state index >= 15 is 0 Å². The molecule has 180 valence electrons. The van der Waals surface area contributed by atoms with Crippen LogP contribution in [-0.2, 0) is 4.79 Å². The van der Waals surface area contributed by atoms with E-state index in [0.717, 1.165) is 70.5 Å². The Morgan fingerprint density at radius 3 is 2.35 bits per heavy atom. The number of carbonyl (C=O) groups excluding carboxylic acids is 1. The van der Waals surface area contributed by atoms with Crippen LogP contribution in [0, 0.1) is 5.92 Å². The molecule has 0 saturated carbocycles. The summed E-state index contributed by atoms with van der Waals surface area (Å²) in [5, 5.41) is 3.56. The zero-order valence-corrected chi connectivity index (χ0v) is 22.4. The largest absolute Gasteiger partial charge is 0.356 e. The number of piperazine rings is 1. The van der Waals surface area contributed by atoms with Crippen LogP contribution in [0.5, 0.6) is 0 Å². The lowest BCUT2D eigenvalue weighted by Crippen LogP contribution is -2.57. The number of aliphatic imine (C=N–C) groups is 1. The minimum absolute atomic E-state index is 0. The number of guanidine groups is 1. The van der Waals surface area contributed by atoms with Gasteiger partial charge in [0.2, 0.25) is 5.91 Å². The minimum Gasteiger partial charge on any atom is -0.356 e. The molecule has 3 heterocycles. The summed E-state index contributed by atoms with van der Waals surface area (Å²) in [5.74, 6) is 2.19. The van der Waals surface area contributed by atoms with E-state index in [2.05, 4.69) is 38.9 Å². The number of nitrogens with zero attached hydrogens (tertiary/aromatic N) is 5. The molecule has 0 aliphatic carbocycles. The molecular formula is C23H45IN6O. The zero-order chi connectivity index (χ0) is 21.3. The number of halogens is 1. The van der Waals surface area contributed by atoms with E-state index in [9.17, 15) is 4.79 Å². The van der Waals surface area contributed by atoms with Crippen LogP contribution in [0.15, 0.2) is 4.99 Å². The van der Waals surface area contributed by atoms with E-state index in [4.69, 9.17) is 0 Å². The highest BCUT2D eigenvalue weighted by atomic mass is 127. The molecule has 0 spiro atoms. The van der Waals surface area contributed by atoms with Crippen molar-refractivity contribution in [2.24, 2.45) is 10.9 Å². The first kappa shape index (κ1) is 26.6. The summed E-state index contributed by atoms with van der Waals surface area (Å²) in [6.07, 6.45) is 7.51. The predicted octanol–water partition coefficient (Wildman–Crippen LogP) is 2.32. The van der Waals surface area contributed by atoms with Gasteiger partial charge in [-0.15, -0.1) is 24.0 Å². The monoisotopic (exact) mass is 548 g/mol. The quantitative estimate of drug-likeness (QED) is 0.229. The van der Waals surface area contributed by atoms with E-state index in [0.29, 0.717) is 5.91 Å². The fourth-order valence-electron chi connectivity index (χ4n) is 5.16. The average molecular weight is 549 g/mol. The van der Waals surface area contributed by atoms with Gasteiger partial charge in [0, 0.05) is 59.4 Å². The van der Waals surface area contributed by atoms with Gasteiger partial charge < -0.3 is 20.0 Å². The minimum atomic E-state index is -0.00210. The van der Waals surface area contributed by atoms with Crippen molar-refractivity contribution in [3.8, 4) is 0 Å². The third-order valence-corrected chi connectivity index (χ3v) is 7.07. The van der Waals surface area contributed by atoms with E-state index in [1.54, 1.807) is 0 Å². The van der Waals surface area contributed by atoms with Gasteiger partial charge in [-0.05, 0) is 64.5 Å². The molecule has 3 fully saturated rings. The molecule has 2 atom stereocenters. The molecule has 1 N–H and O–H groups in total. The molecule has 2 unspecified atom stereocenters. The molecule has 3 aliphatic rings. The van der Waals surface area contributed by atoms with Crippen LogP contribution in [0.1, 0.15) is 52.4 Å². The van der Waals surface area contributed by atoms with Gasteiger partial charge in [0.1, 0.15) is 0 Å². The lowest BCUT2D eigenvalue weighted by atomic mass is 10.0. The maximum Gasteiger partial charge on any atom is 0.239 e. The summed E-state index contributed by atoms with van der Waals surface area (Å²) in [7, 11) is 1.88. The van der Waals surface area contributed by atoms with Crippen LogP contribution < -0.4 is 5.32 Å². The number of carbonyl (C=O) groups is 1. The Hall–Kier alpha value is -0.610. The molecule has 31 heavy (non-hydrogen) atoms. The van der Waals surface area contributed by atoms with Gasteiger partial charge in [0.05, 0.1) is 6.04 Å². The Kier molecular flexibility index (Phi) is 11.9. The predicted molar refractivity (Wildman–Crippen MR) is 139 cm³/mol. The average Bonchev–Trinajstić information content (AvgIpc) is 3.30. The van der Waals surface area contributed by atoms with E-state index in [1.165, 1.54) is 45.3 Å². The van der Waals surface area contributed by atoms with Crippen LogP contribution in [0.3, 0.4) is 0 Å². The fourth-order valence-corrected chi connectivity index (χ4v) is 5.16. The fraction of sp³-hybridized carbons (Fsp3) is 0.913. The first-order valence-corrected chi connectivity index (χ1v) is 12.3. The second-order valence-electron chi connectivity index (χ2n) is 9.46. The lowest BCUT2D eigenvalue weighted by Gasteiger charge is -2.39. The van der Waals surface area contributed by atoms with Crippen molar-refractivity contribution in [1.29, 1.82) is 0 Å². The number of likely N-dealkylation sites (tertiary alicyclic amines) is 2. The number of hydrogen-bond donors (Lipinski definition) is 1. The zero-order valence-electron chi connectivity index (χ0n) is 20.0. The Morgan fingerprint density at radius 1 is 1.00 bits per heavy atom. The lowest BCUT2D eigenvalue weighted by molar-refractivity contribution is -0.135. The summed E-state index contributed by atoms with van der Waals surface area (Å²) in [6.45, 7) is 14.8. The van der Waals surface area contributed by atoms with E-state index in [1.807, 2.05) is 11.9 Å². The maximum atomic E-state index is 12.7. The van der Waals surface area contributed by atoms with E-state index < -0.39 is 0 Å². The molecule has 0 radical (unpaired) electrons. The number of nitrogens with one attached hydrogen (secondary N) is 1. The topological polar surface area (TPSA) is 54.4 Å². The van der Waals surface area contributed by atoms with Crippen LogP contribution in [-0.4, -0.2) is 110 Å². The normalized spacial score (nSPS) is 24.7. The molecule has 3 aliphatic heterocycles. The maximum absolute atomic E-state index is 12.7. The summed E-state index contributed by atoms with van der Waals surface area (Å²) < 4.78 is 0. The van der Waals surface area contributed by atoms with Crippen molar-refractivity contribution < 1.29 is 4.79 Å². The number of amides is 1. The van der Waals surface area contributed by atoms with Gasteiger partial charge in [-0.3, -0.25) is 14.7 Å². The second kappa shape index (κ2) is 13.8. The summed E-state index contributed by atoms with van der Waals surface area (Å²) in [6, 6.07) is -0.00210. The number of rotatable bonds is 7. The van der Waals surface area contributed by atoms with Crippen molar-refractivity contribution in [2.45, 2.75) is 58.4 Å². The van der Waals surface area contributed by atoms with E-state index in [-0.39, 0.29) is 30.0 Å². The van der Waals surface area contributed by atoms with Crippen LogP contribution >= 0.6 is 24.0 Å². The van der Waals surface area contributed by atoms with Crippen molar-refractivity contribution in [3.05, 3.63) is 0 Å². The highest BCUT2D eigenvalue weighted by Crippen LogP contribution is 2.16. The van der Waals surface area contributed by atoms with Crippen LogP contribution in [0.25, 0.3) is 0 Å². The Labute approximate surface area is 207 Å². The Bertz CT molecular complexity index is 560. The van der Waals surface area contributed by atoms with Gasteiger partial charge >= 0.3 is 0 Å². The van der Waals surface area contributed by atoms with Crippen molar-refractivity contribution in [1.82, 2.24) is 24.9 Å². The first-order valence-electron chi connectivity index (χ1n) is 12.3. The third kappa shape index (κ3) is 8.03. The molecular weight excluding hydrogens is 503 g/mol. The third-order valence-electron chi connectivity index (χ3n) is 7.07. The van der Waals surface area contributed by atoms with Gasteiger partial charge in [-0.25, -0.2) is 0 Å². The molecule has 3 saturated heterocycles. The molecule has 0 bridgehead atoms. The Balaban J connectivity index is 0.00000341. The highest BCUT2D eigenvalue weighted by Gasteiger charge is 2.30. The van der Waals surface area contributed by atoms with Crippen LogP contribution in [0.4, 0.5) is 0 Å². The molecule has 3 rings (SSSR count). The molecule has 0 aromatic heterocycles. The Morgan fingerprint density at radius 2 is 1.71 bits per heavy atom. The van der Waals surface area contributed by atoms with Gasteiger partial charge in [-0.2, -0.15) is 0 Å². The smallest absolute Gasteiger partial charge is 0.239 e. The van der Waals surface area contributed by atoms with Crippen molar-refractivity contribution >= 4 is 35.8 Å². The van der Waals surface area contributed by atoms with Crippen molar-refractivity contribution in [2.75, 3.05) is 72.5 Å². The number of unbranched alkanes of at least 4 members (excludes halogenated alkanes) is 1. The number of piperidine rings is 1. The summed E-state index contributed by atoms with van der Waals surface area (Å²) >= 11 is 0.